The Labute approximate surface area is 105 Å². The van der Waals surface area contributed by atoms with Crippen LogP contribution in [0.15, 0.2) is 34.9 Å². The van der Waals surface area contributed by atoms with Crippen molar-refractivity contribution >= 4 is 0 Å². The molecular weight excluding hydrogens is 212 g/mol. The zero-order valence-corrected chi connectivity index (χ0v) is 11.5. The summed E-state index contributed by atoms with van der Waals surface area (Å²) in [4.78, 5) is 0. The summed E-state index contributed by atoms with van der Waals surface area (Å²) in [5.41, 5.74) is 3.79. The van der Waals surface area contributed by atoms with E-state index < -0.39 is 6.29 Å². The van der Waals surface area contributed by atoms with Crippen molar-refractivity contribution < 1.29 is 10.2 Å². The van der Waals surface area contributed by atoms with Crippen LogP contribution in [0.2, 0.25) is 0 Å². The van der Waals surface area contributed by atoms with Gasteiger partial charge in [0, 0.05) is 0 Å². The largest absolute Gasteiger partial charge is 0.365 e. The number of allylic oxidation sites excluding steroid dienone is 5. The lowest BCUT2D eigenvalue weighted by atomic mass is 10.1. The third-order valence-corrected chi connectivity index (χ3v) is 2.56. The Kier molecular flexibility index (Phi) is 8.73. The first-order valence-electron chi connectivity index (χ1n) is 6.24. The summed E-state index contributed by atoms with van der Waals surface area (Å²) in [6, 6.07) is 0. The van der Waals surface area contributed by atoms with Crippen LogP contribution in [0.5, 0.6) is 0 Å². The Hall–Kier alpha value is -0.860. The topological polar surface area (TPSA) is 40.5 Å². The Morgan fingerprint density at radius 1 is 0.882 bits per heavy atom. The van der Waals surface area contributed by atoms with E-state index in [9.17, 15) is 0 Å². The summed E-state index contributed by atoms with van der Waals surface area (Å²) < 4.78 is 0. The first-order chi connectivity index (χ1) is 7.91. The van der Waals surface area contributed by atoms with Crippen molar-refractivity contribution in [2.24, 2.45) is 0 Å². The molecule has 0 unspecified atom stereocenters. The highest BCUT2D eigenvalue weighted by molar-refractivity contribution is 5.05. The van der Waals surface area contributed by atoms with E-state index in [1.165, 1.54) is 17.2 Å². The van der Waals surface area contributed by atoms with Gasteiger partial charge in [0.25, 0.3) is 0 Å². The van der Waals surface area contributed by atoms with Gasteiger partial charge < -0.3 is 10.2 Å². The van der Waals surface area contributed by atoms with Crippen LogP contribution in [0.4, 0.5) is 0 Å². The van der Waals surface area contributed by atoms with E-state index in [2.05, 4.69) is 32.9 Å². The second-order valence-corrected chi connectivity index (χ2v) is 4.84. The average molecular weight is 238 g/mol. The average Bonchev–Trinajstić information content (AvgIpc) is 2.15. The molecule has 0 radical (unpaired) electrons. The molecule has 0 spiro atoms. The fraction of sp³-hybridized carbons (Fsp3) is 0.600. The molecule has 0 aromatic rings. The molecular formula is C15H26O2. The molecule has 98 valence electrons. The van der Waals surface area contributed by atoms with Gasteiger partial charge in [0.2, 0.25) is 0 Å². The summed E-state index contributed by atoms with van der Waals surface area (Å²) in [7, 11) is 0. The summed E-state index contributed by atoms with van der Waals surface area (Å²) in [5.74, 6) is 0. The summed E-state index contributed by atoms with van der Waals surface area (Å²) in [6.07, 6.45) is 8.72. The lowest BCUT2D eigenvalue weighted by Gasteiger charge is -2.02. The highest BCUT2D eigenvalue weighted by Crippen LogP contribution is 2.11. The molecule has 0 bridgehead atoms. The third kappa shape index (κ3) is 11.4. The minimum Gasteiger partial charge on any atom is -0.365 e. The first-order valence-corrected chi connectivity index (χ1v) is 6.24. The molecule has 0 rings (SSSR count). The van der Waals surface area contributed by atoms with E-state index >= 15 is 0 Å². The van der Waals surface area contributed by atoms with E-state index in [-0.39, 0.29) is 0 Å². The maximum Gasteiger partial charge on any atom is 0.171 e. The second kappa shape index (κ2) is 9.20. The Morgan fingerprint density at radius 3 is 1.94 bits per heavy atom. The van der Waals surface area contributed by atoms with Crippen molar-refractivity contribution in [1.82, 2.24) is 0 Å². The maximum atomic E-state index is 8.76. The molecule has 17 heavy (non-hydrogen) atoms. The summed E-state index contributed by atoms with van der Waals surface area (Å²) in [6.45, 7) is 8.31. The number of aliphatic hydroxyl groups excluding tert-OH is 1. The molecule has 0 aliphatic carbocycles. The van der Waals surface area contributed by atoms with Gasteiger partial charge in [-0.1, -0.05) is 28.9 Å². The monoisotopic (exact) mass is 238 g/mol. The first kappa shape index (κ1) is 16.1. The van der Waals surface area contributed by atoms with Crippen LogP contribution >= 0.6 is 0 Å². The van der Waals surface area contributed by atoms with Gasteiger partial charge >= 0.3 is 0 Å². The van der Waals surface area contributed by atoms with Crippen molar-refractivity contribution in [3.05, 3.63) is 34.9 Å². The Morgan fingerprint density at radius 2 is 1.41 bits per heavy atom. The smallest absolute Gasteiger partial charge is 0.171 e. The number of aliphatic hydroxyl groups is 2. The fourth-order valence-corrected chi connectivity index (χ4v) is 1.57. The molecule has 0 atom stereocenters. The van der Waals surface area contributed by atoms with Crippen LogP contribution < -0.4 is 0 Å². The molecule has 2 heteroatoms. The number of rotatable bonds is 7. The lowest BCUT2D eigenvalue weighted by molar-refractivity contribution is 0.00164. The van der Waals surface area contributed by atoms with E-state index in [0.29, 0.717) is 0 Å². The predicted octanol–water partition coefficient (Wildman–Crippen LogP) is 3.72. The van der Waals surface area contributed by atoms with Crippen molar-refractivity contribution in [1.29, 1.82) is 0 Å². The van der Waals surface area contributed by atoms with Crippen LogP contribution in [-0.2, 0) is 0 Å². The van der Waals surface area contributed by atoms with Gasteiger partial charge in [0.1, 0.15) is 0 Å². The second-order valence-electron chi connectivity index (χ2n) is 4.84. The maximum absolute atomic E-state index is 8.76. The molecule has 0 heterocycles. The highest BCUT2D eigenvalue weighted by atomic mass is 16.5. The van der Waals surface area contributed by atoms with E-state index in [0.717, 1.165) is 31.3 Å². The van der Waals surface area contributed by atoms with Gasteiger partial charge in [0.15, 0.2) is 6.29 Å². The molecule has 0 saturated heterocycles. The molecule has 0 saturated carbocycles. The predicted molar refractivity (Wildman–Crippen MR) is 73.6 cm³/mol. The van der Waals surface area contributed by atoms with Gasteiger partial charge in [-0.15, -0.1) is 0 Å². The van der Waals surface area contributed by atoms with Crippen LogP contribution in [0.1, 0.15) is 53.4 Å². The molecule has 0 aliphatic rings. The van der Waals surface area contributed by atoms with E-state index in [1.54, 1.807) is 0 Å². The molecule has 0 amide bonds. The van der Waals surface area contributed by atoms with Crippen molar-refractivity contribution in [3.63, 3.8) is 0 Å². The number of hydrogen-bond acceptors (Lipinski definition) is 2. The van der Waals surface area contributed by atoms with Gasteiger partial charge in [-0.25, -0.2) is 0 Å². The minimum atomic E-state index is -1.32. The van der Waals surface area contributed by atoms with Crippen LogP contribution in [0.3, 0.4) is 0 Å². The standard InChI is InChI=1S/C15H26O2/c1-12(2)7-5-8-13(3)9-6-10-14(4)11-15(16)17/h7,9,11,15-17H,5-6,8,10H2,1-4H3/b13-9+,14-11-. The molecule has 0 aromatic heterocycles. The van der Waals surface area contributed by atoms with Crippen LogP contribution in [0.25, 0.3) is 0 Å². The SMILES string of the molecule is CC(C)=CCC/C(C)=C/CC/C(C)=C\C(O)O. The van der Waals surface area contributed by atoms with Crippen molar-refractivity contribution in [2.75, 3.05) is 0 Å². The quantitative estimate of drug-likeness (QED) is 0.524. The van der Waals surface area contributed by atoms with E-state index in [1.807, 2.05) is 6.92 Å². The zero-order valence-electron chi connectivity index (χ0n) is 11.5. The van der Waals surface area contributed by atoms with Crippen LogP contribution in [-0.4, -0.2) is 16.5 Å². The normalized spacial score (nSPS) is 13.1. The molecule has 0 aliphatic heterocycles. The van der Waals surface area contributed by atoms with Crippen molar-refractivity contribution in [2.45, 2.75) is 59.7 Å². The van der Waals surface area contributed by atoms with Gasteiger partial charge in [-0.05, 0) is 59.5 Å². The summed E-state index contributed by atoms with van der Waals surface area (Å²) >= 11 is 0. The molecule has 0 aromatic carbocycles. The van der Waals surface area contributed by atoms with E-state index in [4.69, 9.17) is 10.2 Å². The van der Waals surface area contributed by atoms with Gasteiger partial charge in [-0.2, -0.15) is 0 Å². The Bertz CT molecular complexity index is 292. The molecule has 0 fully saturated rings. The van der Waals surface area contributed by atoms with Crippen molar-refractivity contribution in [3.8, 4) is 0 Å². The minimum absolute atomic E-state index is 0.887. The molecule has 2 N–H and O–H groups in total. The van der Waals surface area contributed by atoms with Gasteiger partial charge in [0.05, 0.1) is 0 Å². The Balaban J connectivity index is 3.88. The lowest BCUT2D eigenvalue weighted by Crippen LogP contribution is -1.99. The zero-order chi connectivity index (χ0) is 13.3. The van der Waals surface area contributed by atoms with Crippen LogP contribution in [0, 0.1) is 0 Å². The molecule has 2 nitrogen and oxygen atoms in total. The van der Waals surface area contributed by atoms with Gasteiger partial charge in [-0.3, -0.25) is 0 Å². The third-order valence-electron chi connectivity index (χ3n) is 2.56. The number of hydrogen-bond donors (Lipinski definition) is 2. The summed E-state index contributed by atoms with van der Waals surface area (Å²) in [5, 5.41) is 17.5. The highest BCUT2D eigenvalue weighted by Gasteiger charge is 1.94. The fourth-order valence-electron chi connectivity index (χ4n) is 1.57.